The summed E-state index contributed by atoms with van der Waals surface area (Å²) >= 11 is 1.91. The SMILES string of the molecule is CSCCCCCOC1CC(OC2CCCCO2)CCO1. The Kier molecular flexibility index (Phi) is 9.05. The van der Waals surface area contributed by atoms with Gasteiger partial charge >= 0.3 is 0 Å². The van der Waals surface area contributed by atoms with E-state index in [2.05, 4.69) is 6.26 Å². The summed E-state index contributed by atoms with van der Waals surface area (Å²) < 4.78 is 23.2. The van der Waals surface area contributed by atoms with Crippen molar-refractivity contribution in [2.45, 2.75) is 70.1 Å². The monoisotopic (exact) mass is 318 g/mol. The van der Waals surface area contributed by atoms with Gasteiger partial charge in [0.2, 0.25) is 0 Å². The molecule has 21 heavy (non-hydrogen) atoms. The highest BCUT2D eigenvalue weighted by atomic mass is 32.2. The molecule has 0 saturated carbocycles. The van der Waals surface area contributed by atoms with Crippen LogP contribution in [0.2, 0.25) is 0 Å². The van der Waals surface area contributed by atoms with Crippen LogP contribution in [-0.4, -0.2) is 50.5 Å². The van der Waals surface area contributed by atoms with Crippen LogP contribution in [0.4, 0.5) is 0 Å². The number of hydrogen-bond donors (Lipinski definition) is 0. The van der Waals surface area contributed by atoms with Gasteiger partial charge < -0.3 is 18.9 Å². The second-order valence-corrected chi connectivity index (χ2v) is 6.79. The molecule has 0 spiro atoms. The van der Waals surface area contributed by atoms with E-state index < -0.39 is 0 Å². The third kappa shape index (κ3) is 7.33. The summed E-state index contributed by atoms with van der Waals surface area (Å²) in [5.74, 6) is 1.25. The maximum atomic E-state index is 6.04. The summed E-state index contributed by atoms with van der Waals surface area (Å²) in [5, 5.41) is 0. The van der Waals surface area contributed by atoms with E-state index in [1.165, 1.54) is 25.0 Å². The van der Waals surface area contributed by atoms with Gasteiger partial charge in [0, 0.05) is 19.6 Å². The van der Waals surface area contributed by atoms with Crippen molar-refractivity contribution in [3.63, 3.8) is 0 Å². The van der Waals surface area contributed by atoms with Gasteiger partial charge in [-0.3, -0.25) is 0 Å². The van der Waals surface area contributed by atoms with Crippen LogP contribution in [0.15, 0.2) is 0 Å². The molecule has 2 aliphatic heterocycles. The van der Waals surface area contributed by atoms with Gasteiger partial charge in [-0.05, 0) is 50.5 Å². The first-order valence-corrected chi connectivity index (χ1v) is 9.77. The summed E-state index contributed by atoms with van der Waals surface area (Å²) in [5.41, 5.74) is 0. The fourth-order valence-electron chi connectivity index (χ4n) is 2.74. The zero-order chi connectivity index (χ0) is 14.8. The highest BCUT2D eigenvalue weighted by Crippen LogP contribution is 2.23. The average molecular weight is 318 g/mol. The Morgan fingerprint density at radius 2 is 1.90 bits per heavy atom. The van der Waals surface area contributed by atoms with Crippen molar-refractivity contribution in [3.05, 3.63) is 0 Å². The van der Waals surface area contributed by atoms with Crippen LogP contribution in [0.5, 0.6) is 0 Å². The molecule has 2 saturated heterocycles. The van der Waals surface area contributed by atoms with Crippen LogP contribution in [-0.2, 0) is 18.9 Å². The van der Waals surface area contributed by atoms with Crippen molar-refractivity contribution in [1.29, 1.82) is 0 Å². The Morgan fingerprint density at radius 3 is 2.71 bits per heavy atom. The Hall–Kier alpha value is 0.190. The Bertz CT molecular complexity index is 259. The first-order chi connectivity index (χ1) is 10.4. The van der Waals surface area contributed by atoms with Gasteiger partial charge in [-0.1, -0.05) is 6.42 Å². The van der Waals surface area contributed by atoms with E-state index >= 15 is 0 Å². The minimum absolute atomic E-state index is 0.00551. The minimum atomic E-state index is -0.0899. The zero-order valence-electron chi connectivity index (χ0n) is 13.3. The largest absolute Gasteiger partial charge is 0.353 e. The summed E-state index contributed by atoms with van der Waals surface area (Å²) in [7, 11) is 0. The van der Waals surface area contributed by atoms with Crippen molar-refractivity contribution < 1.29 is 18.9 Å². The van der Waals surface area contributed by atoms with Gasteiger partial charge in [0.15, 0.2) is 12.6 Å². The van der Waals surface area contributed by atoms with E-state index in [0.717, 1.165) is 51.9 Å². The predicted octanol–water partition coefficient (Wildman–Crippen LogP) is 3.58. The quantitative estimate of drug-likeness (QED) is 0.607. The number of rotatable bonds is 9. The second-order valence-electron chi connectivity index (χ2n) is 5.80. The summed E-state index contributed by atoms with van der Waals surface area (Å²) in [6.45, 7) is 2.37. The van der Waals surface area contributed by atoms with Crippen molar-refractivity contribution >= 4 is 11.8 Å². The van der Waals surface area contributed by atoms with E-state index in [1.807, 2.05) is 11.8 Å². The highest BCUT2D eigenvalue weighted by Gasteiger charge is 2.27. The van der Waals surface area contributed by atoms with Crippen molar-refractivity contribution in [3.8, 4) is 0 Å². The summed E-state index contributed by atoms with van der Waals surface area (Å²) in [6.07, 6.45) is 11.1. The molecule has 2 rings (SSSR count). The smallest absolute Gasteiger partial charge is 0.160 e. The Balaban J connectivity index is 1.55. The molecule has 2 heterocycles. The molecular weight excluding hydrogens is 288 g/mol. The molecule has 4 nitrogen and oxygen atoms in total. The predicted molar refractivity (Wildman–Crippen MR) is 85.6 cm³/mol. The second kappa shape index (κ2) is 10.8. The minimum Gasteiger partial charge on any atom is -0.353 e. The van der Waals surface area contributed by atoms with E-state index in [1.54, 1.807) is 0 Å². The fourth-order valence-corrected chi connectivity index (χ4v) is 3.24. The van der Waals surface area contributed by atoms with Crippen LogP contribution >= 0.6 is 11.8 Å². The molecule has 0 aromatic heterocycles. The molecule has 2 aliphatic rings. The first-order valence-electron chi connectivity index (χ1n) is 8.37. The van der Waals surface area contributed by atoms with Gasteiger partial charge in [0.05, 0.1) is 12.7 Å². The van der Waals surface area contributed by atoms with Gasteiger partial charge in [0.1, 0.15) is 0 Å². The van der Waals surface area contributed by atoms with Crippen LogP contribution < -0.4 is 0 Å². The van der Waals surface area contributed by atoms with Crippen molar-refractivity contribution in [2.24, 2.45) is 0 Å². The molecule has 0 amide bonds. The molecule has 3 atom stereocenters. The highest BCUT2D eigenvalue weighted by molar-refractivity contribution is 7.98. The maximum Gasteiger partial charge on any atom is 0.160 e. The normalized spacial score (nSPS) is 30.4. The molecule has 5 heteroatoms. The van der Waals surface area contributed by atoms with Crippen LogP contribution in [0.1, 0.15) is 51.4 Å². The van der Waals surface area contributed by atoms with E-state index in [9.17, 15) is 0 Å². The van der Waals surface area contributed by atoms with Gasteiger partial charge in [-0.2, -0.15) is 11.8 Å². The number of hydrogen-bond acceptors (Lipinski definition) is 5. The standard InChI is InChI=1S/C16H30O4S/c1-21-12-6-2-4-9-18-16-13-14(8-11-19-16)20-15-7-3-5-10-17-15/h14-16H,2-13H2,1H3. The lowest BCUT2D eigenvalue weighted by atomic mass is 10.1. The van der Waals surface area contributed by atoms with E-state index in [-0.39, 0.29) is 18.7 Å². The molecular formula is C16H30O4S. The molecule has 3 unspecified atom stereocenters. The topological polar surface area (TPSA) is 36.9 Å². The lowest BCUT2D eigenvalue weighted by Gasteiger charge is -2.33. The molecule has 0 radical (unpaired) electrons. The van der Waals surface area contributed by atoms with Crippen LogP contribution in [0.25, 0.3) is 0 Å². The van der Waals surface area contributed by atoms with Gasteiger partial charge in [-0.15, -0.1) is 0 Å². The molecule has 0 bridgehead atoms. The van der Waals surface area contributed by atoms with Crippen molar-refractivity contribution in [2.75, 3.05) is 31.8 Å². The van der Waals surface area contributed by atoms with E-state index in [4.69, 9.17) is 18.9 Å². The third-order valence-corrected chi connectivity index (χ3v) is 4.67. The van der Waals surface area contributed by atoms with Gasteiger partial charge in [-0.25, -0.2) is 0 Å². The molecule has 0 aromatic rings. The summed E-state index contributed by atoms with van der Waals surface area (Å²) in [4.78, 5) is 0. The molecule has 124 valence electrons. The first kappa shape index (κ1) is 17.5. The lowest BCUT2D eigenvalue weighted by molar-refractivity contribution is -0.238. The number of thioether (sulfide) groups is 1. The molecule has 2 fully saturated rings. The molecule has 0 N–H and O–H groups in total. The number of unbranched alkanes of at least 4 members (excludes halogenated alkanes) is 2. The molecule has 0 aromatic carbocycles. The van der Waals surface area contributed by atoms with E-state index in [0.29, 0.717) is 0 Å². The Morgan fingerprint density at radius 1 is 1.00 bits per heavy atom. The number of ether oxygens (including phenoxy) is 4. The fraction of sp³-hybridized carbons (Fsp3) is 1.00. The lowest BCUT2D eigenvalue weighted by Crippen LogP contribution is -2.36. The Labute approximate surface area is 133 Å². The maximum absolute atomic E-state index is 6.04. The van der Waals surface area contributed by atoms with Crippen LogP contribution in [0, 0.1) is 0 Å². The molecule has 0 aliphatic carbocycles. The van der Waals surface area contributed by atoms with Crippen LogP contribution in [0.3, 0.4) is 0 Å². The zero-order valence-corrected chi connectivity index (χ0v) is 14.1. The third-order valence-electron chi connectivity index (χ3n) is 3.98. The van der Waals surface area contributed by atoms with Crippen molar-refractivity contribution in [1.82, 2.24) is 0 Å². The average Bonchev–Trinajstić information content (AvgIpc) is 2.52. The summed E-state index contributed by atoms with van der Waals surface area (Å²) in [6, 6.07) is 0. The van der Waals surface area contributed by atoms with Gasteiger partial charge in [0.25, 0.3) is 0 Å².